The van der Waals surface area contributed by atoms with Crippen LogP contribution in [0.3, 0.4) is 0 Å². The summed E-state index contributed by atoms with van der Waals surface area (Å²) in [5, 5.41) is 5.86. The van der Waals surface area contributed by atoms with Gasteiger partial charge in [-0.2, -0.15) is 5.10 Å². The predicted molar refractivity (Wildman–Crippen MR) is 81.2 cm³/mol. The fourth-order valence-electron chi connectivity index (χ4n) is 1.96. The zero-order valence-electron chi connectivity index (χ0n) is 11.5. The molecule has 108 valence electrons. The molecule has 1 aromatic carbocycles. The van der Waals surface area contributed by atoms with Crippen molar-refractivity contribution in [2.75, 3.05) is 20.3 Å². The first-order chi connectivity index (χ1) is 10.3. The average molecular weight is 304 g/mol. The summed E-state index contributed by atoms with van der Waals surface area (Å²) >= 11 is 5.87. The number of rotatable bonds is 5. The first-order valence-electron chi connectivity index (χ1n) is 6.49. The molecule has 0 N–H and O–H groups in total. The molecule has 0 unspecified atom stereocenters. The maximum absolute atomic E-state index is 5.87. The molecule has 3 aromatic rings. The molecule has 3 rings (SSSR count). The minimum atomic E-state index is 0.439. The highest BCUT2D eigenvalue weighted by Gasteiger charge is 2.04. The van der Waals surface area contributed by atoms with Crippen molar-refractivity contribution in [3.63, 3.8) is 0 Å². The summed E-state index contributed by atoms with van der Waals surface area (Å²) in [4.78, 5) is 4.05. The van der Waals surface area contributed by atoms with Crippen LogP contribution >= 0.6 is 11.6 Å². The zero-order chi connectivity index (χ0) is 14.7. The molecule has 0 bridgehead atoms. The second-order valence-corrected chi connectivity index (χ2v) is 4.86. The summed E-state index contributed by atoms with van der Waals surface area (Å²) in [6.45, 7) is 1.10. The maximum atomic E-state index is 5.87. The summed E-state index contributed by atoms with van der Waals surface area (Å²) in [5.41, 5.74) is 1.76. The Morgan fingerprint density at radius 1 is 1.19 bits per heavy atom. The van der Waals surface area contributed by atoms with Gasteiger partial charge in [-0.15, -0.1) is 0 Å². The Labute approximate surface area is 127 Å². The standard InChI is InChI=1S/C15H14ClN3O2/c1-20-6-7-21-13-4-2-12(3-5-13)19-10-11-9-17-15(16)8-14(11)18-19/h2-5,8-10H,6-7H2,1H3. The fraction of sp³-hybridized carbons (Fsp3) is 0.200. The molecule has 0 aliphatic rings. The molecule has 0 spiro atoms. The van der Waals surface area contributed by atoms with Gasteiger partial charge in [-0.3, -0.25) is 0 Å². The Balaban J connectivity index is 1.81. The average Bonchev–Trinajstić information content (AvgIpc) is 2.91. The molecule has 0 fully saturated rings. The Kier molecular flexibility index (Phi) is 4.03. The molecule has 21 heavy (non-hydrogen) atoms. The van der Waals surface area contributed by atoms with E-state index >= 15 is 0 Å². The van der Waals surface area contributed by atoms with Crippen LogP contribution in [-0.4, -0.2) is 35.1 Å². The van der Waals surface area contributed by atoms with Gasteiger partial charge in [0.2, 0.25) is 0 Å². The second-order valence-electron chi connectivity index (χ2n) is 4.47. The molecular formula is C15H14ClN3O2. The summed E-state index contributed by atoms with van der Waals surface area (Å²) in [6.07, 6.45) is 3.63. The van der Waals surface area contributed by atoms with Gasteiger partial charge in [-0.25, -0.2) is 9.67 Å². The predicted octanol–water partition coefficient (Wildman–Crippen LogP) is 3.10. The highest BCUT2D eigenvalue weighted by Crippen LogP contribution is 2.19. The third-order valence-electron chi connectivity index (χ3n) is 3.01. The second kappa shape index (κ2) is 6.11. The smallest absolute Gasteiger partial charge is 0.131 e. The maximum Gasteiger partial charge on any atom is 0.131 e. The number of ether oxygens (including phenoxy) is 2. The van der Waals surface area contributed by atoms with Crippen LogP contribution in [-0.2, 0) is 4.74 Å². The molecular weight excluding hydrogens is 290 g/mol. The zero-order valence-corrected chi connectivity index (χ0v) is 12.2. The molecule has 2 aromatic heterocycles. The Bertz CT molecular complexity index is 740. The van der Waals surface area contributed by atoms with Crippen LogP contribution in [0, 0.1) is 0 Å². The number of benzene rings is 1. The Hall–Kier alpha value is -2.11. The van der Waals surface area contributed by atoms with Gasteiger partial charge in [0.1, 0.15) is 17.5 Å². The quantitative estimate of drug-likeness (QED) is 0.537. The number of nitrogens with zero attached hydrogens (tertiary/aromatic N) is 3. The normalized spacial score (nSPS) is 11.0. The van der Waals surface area contributed by atoms with Crippen molar-refractivity contribution in [1.82, 2.24) is 14.8 Å². The van der Waals surface area contributed by atoms with Gasteiger partial charge in [-0.05, 0) is 24.3 Å². The van der Waals surface area contributed by atoms with E-state index < -0.39 is 0 Å². The van der Waals surface area contributed by atoms with Gasteiger partial charge in [0.05, 0.1) is 17.8 Å². The molecule has 0 aliphatic carbocycles. The summed E-state index contributed by atoms with van der Waals surface area (Å²) in [6, 6.07) is 9.45. The van der Waals surface area contributed by atoms with E-state index in [1.54, 1.807) is 24.1 Å². The lowest BCUT2D eigenvalue weighted by molar-refractivity contribution is 0.146. The van der Waals surface area contributed by atoms with Gasteiger partial charge in [-0.1, -0.05) is 11.6 Å². The summed E-state index contributed by atoms with van der Waals surface area (Å²) in [7, 11) is 1.65. The van der Waals surface area contributed by atoms with E-state index in [9.17, 15) is 0 Å². The van der Waals surface area contributed by atoms with Crippen LogP contribution in [0.1, 0.15) is 0 Å². The van der Waals surface area contributed by atoms with Gasteiger partial charge in [0.15, 0.2) is 0 Å². The molecule has 0 aliphatic heterocycles. The molecule has 0 radical (unpaired) electrons. The van der Waals surface area contributed by atoms with E-state index in [-0.39, 0.29) is 0 Å². The van der Waals surface area contributed by atoms with Crippen molar-refractivity contribution in [3.8, 4) is 11.4 Å². The van der Waals surface area contributed by atoms with Crippen molar-refractivity contribution < 1.29 is 9.47 Å². The lowest BCUT2D eigenvalue weighted by atomic mass is 10.3. The molecule has 2 heterocycles. The van der Waals surface area contributed by atoms with Gasteiger partial charge >= 0.3 is 0 Å². The topological polar surface area (TPSA) is 49.2 Å². The number of aromatic nitrogens is 3. The van der Waals surface area contributed by atoms with Crippen LogP contribution < -0.4 is 4.74 Å². The Morgan fingerprint density at radius 2 is 2.00 bits per heavy atom. The number of hydrogen-bond acceptors (Lipinski definition) is 4. The fourth-order valence-corrected chi connectivity index (χ4v) is 2.12. The Morgan fingerprint density at radius 3 is 2.76 bits per heavy atom. The SMILES string of the molecule is COCCOc1ccc(-n2cc3cnc(Cl)cc3n2)cc1. The van der Waals surface area contributed by atoms with E-state index in [0.717, 1.165) is 22.3 Å². The monoisotopic (exact) mass is 303 g/mol. The van der Waals surface area contributed by atoms with Crippen molar-refractivity contribution in [3.05, 3.63) is 47.9 Å². The van der Waals surface area contributed by atoms with Gasteiger partial charge in [0, 0.05) is 31.0 Å². The van der Waals surface area contributed by atoms with Crippen LogP contribution in [0.15, 0.2) is 42.7 Å². The first-order valence-corrected chi connectivity index (χ1v) is 6.87. The van der Waals surface area contributed by atoms with E-state index in [0.29, 0.717) is 18.4 Å². The highest BCUT2D eigenvalue weighted by molar-refractivity contribution is 6.29. The molecule has 0 saturated heterocycles. The first kappa shape index (κ1) is 13.9. The number of halogens is 1. The minimum absolute atomic E-state index is 0.439. The summed E-state index contributed by atoms with van der Waals surface area (Å²) in [5.74, 6) is 0.803. The number of methoxy groups -OCH3 is 1. The summed E-state index contributed by atoms with van der Waals surface area (Å²) < 4.78 is 12.3. The highest BCUT2D eigenvalue weighted by atomic mass is 35.5. The van der Waals surface area contributed by atoms with Gasteiger partial charge < -0.3 is 9.47 Å². The van der Waals surface area contributed by atoms with Crippen LogP contribution in [0.4, 0.5) is 0 Å². The van der Waals surface area contributed by atoms with Crippen molar-refractivity contribution in [2.24, 2.45) is 0 Å². The minimum Gasteiger partial charge on any atom is -0.491 e. The molecule has 0 atom stereocenters. The number of fused-ring (bicyclic) bond motifs is 1. The number of pyridine rings is 1. The van der Waals surface area contributed by atoms with Crippen molar-refractivity contribution in [1.29, 1.82) is 0 Å². The van der Waals surface area contributed by atoms with E-state index in [2.05, 4.69) is 10.1 Å². The van der Waals surface area contributed by atoms with Crippen molar-refractivity contribution >= 4 is 22.5 Å². The molecule has 5 nitrogen and oxygen atoms in total. The third-order valence-corrected chi connectivity index (χ3v) is 3.22. The molecule has 6 heteroatoms. The van der Waals surface area contributed by atoms with Crippen LogP contribution in [0.25, 0.3) is 16.6 Å². The van der Waals surface area contributed by atoms with E-state index in [4.69, 9.17) is 21.1 Å². The molecule has 0 saturated carbocycles. The van der Waals surface area contributed by atoms with Gasteiger partial charge in [0.25, 0.3) is 0 Å². The van der Waals surface area contributed by atoms with E-state index in [1.807, 2.05) is 30.5 Å². The third kappa shape index (κ3) is 3.15. The van der Waals surface area contributed by atoms with E-state index in [1.165, 1.54) is 0 Å². The molecule has 0 amide bonds. The van der Waals surface area contributed by atoms with Crippen molar-refractivity contribution in [2.45, 2.75) is 0 Å². The lowest BCUT2D eigenvalue weighted by Gasteiger charge is -2.06. The lowest BCUT2D eigenvalue weighted by Crippen LogP contribution is -2.04. The van der Waals surface area contributed by atoms with Crippen LogP contribution in [0.2, 0.25) is 5.15 Å². The number of hydrogen-bond donors (Lipinski definition) is 0. The van der Waals surface area contributed by atoms with Crippen LogP contribution in [0.5, 0.6) is 5.75 Å². The largest absolute Gasteiger partial charge is 0.491 e.